The molecule has 0 spiro atoms. The van der Waals surface area contributed by atoms with Gasteiger partial charge in [0.2, 0.25) is 5.78 Å². The summed E-state index contributed by atoms with van der Waals surface area (Å²) in [6, 6.07) is 18.6. The van der Waals surface area contributed by atoms with Crippen LogP contribution in [0.3, 0.4) is 0 Å². The van der Waals surface area contributed by atoms with Crippen LogP contribution in [0.15, 0.2) is 72.8 Å². The summed E-state index contributed by atoms with van der Waals surface area (Å²) in [5.41, 5.74) is 0.499. The number of nitrogens with one attached hydrogen (secondary N) is 1. The smallest absolute Gasteiger partial charge is 0.282 e. The molecule has 7 nitrogen and oxygen atoms in total. The average Bonchev–Trinajstić information content (AvgIpc) is 2.74. The second-order valence-electron chi connectivity index (χ2n) is 6.39. The van der Waals surface area contributed by atoms with E-state index in [2.05, 4.69) is 5.32 Å². The van der Waals surface area contributed by atoms with Crippen molar-refractivity contribution < 1.29 is 19.2 Å². The lowest BCUT2D eigenvalue weighted by Gasteiger charge is -2.15. The molecule has 152 valence electrons. The second-order valence-corrected chi connectivity index (χ2v) is 6.82. The molecular formula is C22H17ClN2O5. The fraction of sp³-hybridized carbons (Fsp3) is 0.0909. The van der Waals surface area contributed by atoms with Crippen LogP contribution in [0, 0.1) is 10.1 Å². The lowest BCUT2D eigenvalue weighted by atomic mass is 10.1. The first kappa shape index (κ1) is 21.0. The van der Waals surface area contributed by atoms with Gasteiger partial charge < -0.3 is 10.1 Å². The summed E-state index contributed by atoms with van der Waals surface area (Å²) in [4.78, 5) is 35.5. The number of carbonyl (C=O) groups is 2. The minimum Gasteiger partial charge on any atom is -0.482 e. The van der Waals surface area contributed by atoms with Gasteiger partial charge >= 0.3 is 0 Å². The van der Waals surface area contributed by atoms with Gasteiger partial charge in [-0.25, -0.2) is 0 Å². The average molecular weight is 425 g/mol. The monoisotopic (exact) mass is 424 g/mol. The minimum absolute atomic E-state index is 0.0555. The van der Waals surface area contributed by atoms with E-state index in [9.17, 15) is 19.7 Å². The normalized spacial score (nSPS) is 11.4. The Labute approximate surface area is 177 Å². The molecule has 0 saturated carbocycles. The zero-order valence-electron chi connectivity index (χ0n) is 15.9. The molecular weight excluding hydrogens is 408 g/mol. The number of ether oxygens (including phenoxy) is 1. The van der Waals surface area contributed by atoms with Crippen LogP contribution in [0.1, 0.15) is 27.6 Å². The van der Waals surface area contributed by atoms with Gasteiger partial charge in [-0.1, -0.05) is 29.8 Å². The molecule has 0 fully saturated rings. The highest BCUT2D eigenvalue weighted by Crippen LogP contribution is 2.23. The molecule has 0 radical (unpaired) electrons. The molecule has 3 rings (SSSR count). The minimum atomic E-state index is -0.771. The molecule has 0 bridgehead atoms. The van der Waals surface area contributed by atoms with E-state index in [4.69, 9.17) is 16.3 Å². The summed E-state index contributed by atoms with van der Waals surface area (Å²) in [6.45, 7) is 1.62. The molecule has 0 aliphatic carbocycles. The van der Waals surface area contributed by atoms with Gasteiger partial charge in [0, 0.05) is 28.4 Å². The lowest BCUT2D eigenvalue weighted by Crippen LogP contribution is -2.24. The number of anilines is 1. The van der Waals surface area contributed by atoms with E-state index in [1.54, 1.807) is 55.5 Å². The molecule has 3 aromatic carbocycles. The van der Waals surface area contributed by atoms with Gasteiger partial charge in [0.05, 0.1) is 4.92 Å². The molecule has 0 saturated heterocycles. The van der Waals surface area contributed by atoms with E-state index >= 15 is 0 Å². The van der Waals surface area contributed by atoms with Crippen LogP contribution in [0.25, 0.3) is 0 Å². The predicted molar refractivity (Wildman–Crippen MR) is 113 cm³/mol. The molecule has 1 atom stereocenters. The number of nitro benzene ring substituents is 1. The van der Waals surface area contributed by atoms with Gasteiger partial charge in [0.1, 0.15) is 11.3 Å². The Morgan fingerprint density at radius 3 is 2.43 bits per heavy atom. The van der Waals surface area contributed by atoms with Crippen molar-refractivity contribution in [1.82, 2.24) is 0 Å². The summed E-state index contributed by atoms with van der Waals surface area (Å²) in [5, 5.41) is 14.3. The van der Waals surface area contributed by atoms with E-state index in [1.165, 1.54) is 24.3 Å². The van der Waals surface area contributed by atoms with Gasteiger partial charge in [0.15, 0.2) is 6.10 Å². The number of hydrogen-bond acceptors (Lipinski definition) is 5. The number of nitro groups is 1. The third-order valence-electron chi connectivity index (χ3n) is 4.25. The van der Waals surface area contributed by atoms with Gasteiger partial charge in [-0.3, -0.25) is 19.7 Å². The van der Waals surface area contributed by atoms with Crippen LogP contribution in [0.5, 0.6) is 5.75 Å². The topological polar surface area (TPSA) is 98.5 Å². The number of amides is 1. The van der Waals surface area contributed by atoms with Crippen LogP contribution in [-0.4, -0.2) is 22.7 Å². The number of rotatable bonds is 7. The zero-order chi connectivity index (χ0) is 21.7. The first-order valence-corrected chi connectivity index (χ1v) is 9.34. The maximum atomic E-state index is 12.5. The number of para-hydroxylation sites is 1. The highest BCUT2D eigenvalue weighted by Gasteiger charge is 2.20. The van der Waals surface area contributed by atoms with Crippen LogP contribution < -0.4 is 10.1 Å². The molecule has 0 aliphatic rings. The molecule has 8 heteroatoms. The van der Waals surface area contributed by atoms with Gasteiger partial charge in [-0.2, -0.15) is 0 Å². The Kier molecular flexibility index (Phi) is 6.44. The summed E-state index contributed by atoms with van der Waals surface area (Å²) >= 11 is 5.84. The third-order valence-corrected chi connectivity index (χ3v) is 4.50. The molecule has 0 unspecified atom stereocenters. The number of nitrogens with zero attached hydrogens (tertiary/aromatic N) is 1. The van der Waals surface area contributed by atoms with Crippen LogP contribution in [-0.2, 0) is 0 Å². The second kappa shape index (κ2) is 9.19. The first-order chi connectivity index (χ1) is 14.3. The van der Waals surface area contributed by atoms with Crippen molar-refractivity contribution in [3.63, 3.8) is 0 Å². The van der Waals surface area contributed by atoms with Crippen molar-refractivity contribution in [3.05, 3.63) is 99.1 Å². The van der Waals surface area contributed by atoms with Crippen molar-refractivity contribution in [2.75, 3.05) is 5.32 Å². The largest absolute Gasteiger partial charge is 0.482 e. The molecule has 0 aromatic heterocycles. The van der Waals surface area contributed by atoms with Gasteiger partial charge in [0.25, 0.3) is 11.6 Å². The zero-order valence-corrected chi connectivity index (χ0v) is 16.6. The van der Waals surface area contributed by atoms with Crippen LogP contribution in [0.4, 0.5) is 11.4 Å². The van der Waals surface area contributed by atoms with Crippen molar-refractivity contribution in [2.24, 2.45) is 0 Å². The number of halogens is 1. The maximum absolute atomic E-state index is 12.5. The summed E-state index contributed by atoms with van der Waals surface area (Å²) in [6.07, 6.45) is -0.771. The van der Waals surface area contributed by atoms with Crippen molar-refractivity contribution >= 4 is 34.7 Å². The molecule has 0 heterocycles. The molecule has 1 N–H and O–H groups in total. The molecule has 0 aliphatic heterocycles. The highest BCUT2D eigenvalue weighted by atomic mass is 35.5. The number of carbonyl (C=O) groups excluding carboxylic acids is 2. The Morgan fingerprint density at radius 1 is 1.03 bits per heavy atom. The maximum Gasteiger partial charge on any atom is 0.282 e. The predicted octanol–water partition coefficient (Wildman–Crippen LogP) is 5.15. The van der Waals surface area contributed by atoms with E-state index in [1.807, 2.05) is 0 Å². The van der Waals surface area contributed by atoms with E-state index < -0.39 is 16.9 Å². The number of ketones is 1. The lowest BCUT2D eigenvalue weighted by molar-refractivity contribution is -0.385. The SMILES string of the molecule is C[C@@H](Oc1cccc(NC(=O)c2ccccc2[N+](=O)[O-])c1)C(=O)c1ccc(Cl)cc1. The van der Waals surface area contributed by atoms with Crippen LogP contribution in [0.2, 0.25) is 5.02 Å². The molecule has 1 amide bonds. The Bertz CT molecular complexity index is 1100. The van der Waals surface area contributed by atoms with Crippen molar-refractivity contribution in [3.8, 4) is 5.75 Å². The molecule has 30 heavy (non-hydrogen) atoms. The third kappa shape index (κ3) is 5.01. The van der Waals surface area contributed by atoms with Crippen LogP contribution >= 0.6 is 11.6 Å². The van der Waals surface area contributed by atoms with Gasteiger partial charge in [-0.05, 0) is 49.4 Å². The first-order valence-electron chi connectivity index (χ1n) is 8.96. The Balaban J connectivity index is 1.72. The van der Waals surface area contributed by atoms with Gasteiger partial charge in [-0.15, -0.1) is 0 Å². The Hall–Kier alpha value is -3.71. The quantitative estimate of drug-likeness (QED) is 0.321. The van der Waals surface area contributed by atoms with E-state index in [0.29, 0.717) is 22.0 Å². The van der Waals surface area contributed by atoms with E-state index in [0.717, 1.165) is 0 Å². The fourth-order valence-electron chi connectivity index (χ4n) is 2.78. The van der Waals surface area contributed by atoms with Crippen molar-refractivity contribution in [1.29, 1.82) is 0 Å². The summed E-state index contributed by atoms with van der Waals surface area (Å²) in [5.74, 6) is -0.476. The van der Waals surface area contributed by atoms with E-state index in [-0.39, 0.29) is 17.0 Å². The molecule has 3 aromatic rings. The number of hydrogen-bond donors (Lipinski definition) is 1. The summed E-state index contributed by atoms with van der Waals surface area (Å²) in [7, 11) is 0. The number of Topliss-reactive ketones (excluding diaryl/α,β-unsaturated/α-hetero) is 1. The number of benzene rings is 3. The van der Waals surface area contributed by atoms with Crippen molar-refractivity contribution in [2.45, 2.75) is 13.0 Å². The highest BCUT2D eigenvalue weighted by molar-refractivity contribution is 6.30. The Morgan fingerprint density at radius 2 is 1.73 bits per heavy atom. The summed E-state index contributed by atoms with van der Waals surface area (Å²) < 4.78 is 5.71. The standard InChI is InChI=1S/C22H17ClN2O5/c1-14(21(26)15-9-11-16(23)12-10-15)30-18-6-4-5-17(13-18)24-22(27)19-7-2-3-8-20(19)25(28)29/h2-14H,1H3,(H,24,27)/t14-/m1/s1. The fourth-order valence-corrected chi connectivity index (χ4v) is 2.90.